The van der Waals surface area contributed by atoms with Crippen LogP contribution in [0.5, 0.6) is 0 Å². The number of aryl methyl sites for hydroxylation is 1. The molecule has 0 unspecified atom stereocenters. The molecule has 0 bridgehead atoms. The lowest BCUT2D eigenvalue weighted by Crippen LogP contribution is -2.17. The minimum absolute atomic E-state index is 0.183. The molecule has 5 heteroatoms. The van der Waals surface area contributed by atoms with Gasteiger partial charge in [0.25, 0.3) is 0 Å². The number of rotatable bonds is 5. The van der Waals surface area contributed by atoms with E-state index >= 15 is 0 Å². The van der Waals surface area contributed by atoms with Crippen molar-refractivity contribution in [3.63, 3.8) is 0 Å². The highest BCUT2D eigenvalue weighted by Crippen LogP contribution is 2.05. The van der Waals surface area contributed by atoms with Crippen LogP contribution in [-0.2, 0) is 19.6 Å². The summed E-state index contributed by atoms with van der Waals surface area (Å²) in [5, 5.41) is 7.23. The van der Waals surface area contributed by atoms with Crippen LogP contribution in [0.25, 0.3) is 0 Å². The first-order valence-electron chi connectivity index (χ1n) is 5.62. The minimum Gasteiger partial charge on any atom is -0.306 e. The summed E-state index contributed by atoms with van der Waals surface area (Å²) in [6.07, 6.45) is 1.53. The van der Waals surface area contributed by atoms with Gasteiger partial charge in [-0.05, 0) is 13.0 Å². The predicted octanol–water partition coefficient (Wildman–Crippen LogP) is 1.73. The van der Waals surface area contributed by atoms with Gasteiger partial charge in [-0.3, -0.25) is 0 Å². The van der Waals surface area contributed by atoms with Crippen molar-refractivity contribution in [2.45, 2.75) is 26.6 Å². The van der Waals surface area contributed by atoms with E-state index in [0.717, 1.165) is 12.4 Å². The monoisotopic (exact) mass is 234 g/mol. The van der Waals surface area contributed by atoms with Crippen molar-refractivity contribution in [1.29, 1.82) is 0 Å². The topological polar surface area (TPSA) is 42.7 Å². The van der Waals surface area contributed by atoms with Crippen LogP contribution in [0, 0.1) is 5.82 Å². The molecular weight excluding hydrogens is 219 g/mol. The molecule has 0 amide bonds. The average molecular weight is 234 g/mol. The fourth-order valence-electron chi connectivity index (χ4n) is 1.64. The van der Waals surface area contributed by atoms with Crippen molar-refractivity contribution in [2.24, 2.45) is 0 Å². The largest absolute Gasteiger partial charge is 0.306 e. The van der Waals surface area contributed by atoms with Crippen LogP contribution in [0.3, 0.4) is 0 Å². The van der Waals surface area contributed by atoms with Gasteiger partial charge in [-0.1, -0.05) is 18.2 Å². The Balaban J connectivity index is 1.90. The lowest BCUT2D eigenvalue weighted by atomic mass is 10.2. The van der Waals surface area contributed by atoms with Crippen molar-refractivity contribution in [1.82, 2.24) is 20.1 Å². The highest BCUT2D eigenvalue weighted by Gasteiger charge is 2.03. The molecule has 1 N–H and O–H groups in total. The first kappa shape index (κ1) is 11.7. The molecule has 0 saturated heterocycles. The smallest absolute Gasteiger partial charge is 0.140 e. The predicted molar refractivity (Wildman–Crippen MR) is 62.6 cm³/mol. The third-order valence-corrected chi connectivity index (χ3v) is 2.55. The normalized spacial score (nSPS) is 10.7. The zero-order valence-electron chi connectivity index (χ0n) is 9.73. The molecule has 2 aromatic rings. The van der Waals surface area contributed by atoms with E-state index in [1.54, 1.807) is 12.1 Å². The summed E-state index contributed by atoms with van der Waals surface area (Å²) in [4.78, 5) is 4.14. The van der Waals surface area contributed by atoms with E-state index in [1.807, 2.05) is 17.7 Å². The molecule has 0 atom stereocenters. The molecule has 17 heavy (non-hydrogen) atoms. The fraction of sp³-hybridized carbons (Fsp3) is 0.333. The minimum atomic E-state index is -0.183. The van der Waals surface area contributed by atoms with Crippen molar-refractivity contribution >= 4 is 0 Å². The summed E-state index contributed by atoms with van der Waals surface area (Å²) in [7, 11) is 0. The number of nitrogens with one attached hydrogen (secondary N) is 1. The van der Waals surface area contributed by atoms with E-state index in [1.165, 1.54) is 12.4 Å². The fourth-order valence-corrected chi connectivity index (χ4v) is 1.64. The summed E-state index contributed by atoms with van der Waals surface area (Å²) in [6, 6.07) is 6.75. The lowest BCUT2D eigenvalue weighted by Gasteiger charge is -2.06. The van der Waals surface area contributed by atoms with E-state index in [-0.39, 0.29) is 5.82 Å². The highest BCUT2D eigenvalue weighted by atomic mass is 19.1. The Morgan fingerprint density at radius 1 is 1.29 bits per heavy atom. The van der Waals surface area contributed by atoms with Gasteiger partial charge in [0.05, 0.1) is 6.54 Å². The second kappa shape index (κ2) is 5.54. The van der Waals surface area contributed by atoms with Gasteiger partial charge < -0.3 is 5.32 Å². The number of aromatic nitrogens is 3. The SMILES string of the molecule is CCn1ncnc1CNCc1ccccc1F. The number of hydrogen-bond acceptors (Lipinski definition) is 3. The third-order valence-electron chi connectivity index (χ3n) is 2.55. The Hall–Kier alpha value is -1.75. The second-order valence-electron chi connectivity index (χ2n) is 3.69. The Kier molecular flexibility index (Phi) is 3.82. The van der Waals surface area contributed by atoms with E-state index in [4.69, 9.17) is 0 Å². The zero-order chi connectivity index (χ0) is 12.1. The molecule has 0 radical (unpaired) electrons. The summed E-state index contributed by atoms with van der Waals surface area (Å²) in [5.41, 5.74) is 0.662. The van der Waals surface area contributed by atoms with Gasteiger partial charge in [0.15, 0.2) is 0 Å². The van der Waals surface area contributed by atoms with Gasteiger partial charge in [-0.25, -0.2) is 14.1 Å². The number of benzene rings is 1. The Bertz CT molecular complexity index is 481. The molecule has 1 heterocycles. The lowest BCUT2D eigenvalue weighted by molar-refractivity contribution is 0.554. The van der Waals surface area contributed by atoms with Gasteiger partial charge in [0.2, 0.25) is 0 Å². The van der Waals surface area contributed by atoms with Crippen molar-refractivity contribution in [3.8, 4) is 0 Å². The first-order chi connectivity index (χ1) is 8.31. The third kappa shape index (κ3) is 2.88. The maximum Gasteiger partial charge on any atom is 0.140 e. The van der Waals surface area contributed by atoms with E-state index < -0.39 is 0 Å². The van der Waals surface area contributed by atoms with Crippen molar-refractivity contribution < 1.29 is 4.39 Å². The maximum absolute atomic E-state index is 13.3. The number of halogens is 1. The van der Waals surface area contributed by atoms with E-state index in [9.17, 15) is 4.39 Å². The Morgan fingerprint density at radius 3 is 2.88 bits per heavy atom. The molecule has 1 aromatic carbocycles. The van der Waals surface area contributed by atoms with E-state index in [0.29, 0.717) is 18.7 Å². The molecule has 4 nitrogen and oxygen atoms in total. The second-order valence-corrected chi connectivity index (χ2v) is 3.69. The van der Waals surface area contributed by atoms with Gasteiger partial charge in [-0.15, -0.1) is 0 Å². The van der Waals surface area contributed by atoms with Gasteiger partial charge in [-0.2, -0.15) is 5.10 Å². The first-order valence-corrected chi connectivity index (χ1v) is 5.62. The van der Waals surface area contributed by atoms with Crippen LogP contribution in [0.4, 0.5) is 4.39 Å². The summed E-state index contributed by atoms with van der Waals surface area (Å²) in [6.45, 7) is 3.87. The van der Waals surface area contributed by atoms with Gasteiger partial charge in [0.1, 0.15) is 18.0 Å². The standard InChI is InChI=1S/C12H15FN4/c1-2-17-12(15-9-16-17)8-14-7-10-5-3-4-6-11(10)13/h3-6,9,14H,2,7-8H2,1H3. The molecule has 1 aromatic heterocycles. The number of nitrogens with zero attached hydrogens (tertiary/aromatic N) is 3. The van der Waals surface area contributed by atoms with Crippen LogP contribution >= 0.6 is 0 Å². The summed E-state index contributed by atoms with van der Waals surface area (Å²) in [5.74, 6) is 0.681. The quantitative estimate of drug-likeness (QED) is 0.856. The maximum atomic E-state index is 13.3. The van der Waals surface area contributed by atoms with Crippen molar-refractivity contribution in [2.75, 3.05) is 0 Å². The zero-order valence-corrected chi connectivity index (χ0v) is 9.73. The molecule has 2 rings (SSSR count). The van der Waals surface area contributed by atoms with Crippen LogP contribution in [-0.4, -0.2) is 14.8 Å². The van der Waals surface area contributed by atoms with Gasteiger partial charge >= 0.3 is 0 Å². The van der Waals surface area contributed by atoms with E-state index in [2.05, 4.69) is 15.4 Å². The molecular formula is C12H15FN4. The molecule has 90 valence electrons. The van der Waals surface area contributed by atoms with Crippen LogP contribution < -0.4 is 5.32 Å². The van der Waals surface area contributed by atoms with Crippen LogP contribution in [0.2, 0.25) is 0 Å². The van der Waals surface area contributed by atoms with Gasteiger partial charge in [0, 0.05) is 18.7 Å². The highest BCUT2D eigenvalue weighted by molar-refractivity contribution is 5.16. The average Bonchev–Trinajstić information content (AvgIpc) is 2.79. The molecule has 0 aliphatic carbocycles. The van der Waals surface area contributed by atoms with Crippen LogP contribution in [0.15, 0.2) is 30.6 Å². The molecule has 0 aliphatic rings. The molecule has 0 saturated carbocycles. The molecule has 0 spiro atoms. The summed E-state index contributed by atoms with van der Waals surface area (Å²) >= 11 is 0. The molecule has 0 aliphatic heterocycles. The van der Waals surface area contributed by atoms with Crippen molar-refractivity contribution in [3.05, 3.63) is 47.8 Å². The Morgan fingerprint density at radius 2 is 2.12 bits per heavy atom. The number of hydrogen-bond donors (Lipinski definition) is 1. The Labute approximate surface area is 99.5 Å². The van der Waals surface area contributed by atoms with Crippen LogP contribution in [0.1, 0.15) is 18.3 Å². The summed E-state index contributed by atoms with van der Waals surface area (Å²) < 4.78 is 15.1. The molecule has 0 fully saturated rings.